The van der Waals surface area contributed by atoms with E-state index in [0.717, 1.165) is 0 Å². The van der Waals surface area contributed by atoms with E-state index in [0.29, 0.717) is 10.0 Å². The van der Waals surface area contributed by atoms with Crippen molar-refractivity contribution in [2.24, 2.45) is 0 Å². The second-order valence-corrected chi connectivity index (χ2v) is 5.10. The molecule has 0 atom stereocenters. The van der Waals surface area contributed by atoms with Crippen LogP contribution in [0.5, 0.6) is 0 Å². The summed E-state index contributed by atoms with van der Waals surface area (Å²) in [5.41, 5.74) is 0.136. The van der Waals surface area contributed by atoms with E-state index in [9.17, 15) is 14.0 Å². The summed E-state index contributed by atoms with van der Waals surface area (Å²) in [4.78, 5) is 23.3. The van der Waals surface area contributed by atoms with Crippen molar-refractivity contribution >= 4 is 21.8 Å². The number of rotatable bonds is 4. The lowest BCUT2D eigenvalue weighted by Gasteiger charge is -2.08. The zero-order chi connectivity index (χ0) is 14.5. The average molecular weight is 339 g/mol. The highest BCUT2D eigenvalue weighted by Gasteiger charge is 2.06. The number of hydrogen-bond donors (Lipinski definition) is 1. The molecule has 4 nitrogen and oxygen atoms in total. The van der Waals surface area contributed by atoms with Crippen molar-refractivity contribution in [2.45, 2.75) is 13.1 Å². The number of nitrogens with one attached hydrogen (secondary N) is 1. The van der Waals surface area contributed by atoms with Crippen LogP contribution in [0.25, 0.3) is 0 Å². The van der Waals surface area contributed by atoms with Crippen LogP contribution >= 0.6 is 15.9 Å². The van der Waals surface area contributed by atoms with Gasteiger partial charge in [-0.05, 0) is 28.1 Å². The fraction of sp³-hybridized carbons (Fsp3) is 0.143. The molecule has 1 aromatic heterocycles. The highest BCUT2D eigenvalue weighted by Crippen LogP contribution is 2.06. The van der Waals surface area contributed by atoms with Crippen molar-refractivity contribution in [3.63, 3.8) is 0 Å². The number of amides is 1. The summed E-state index contributed by atoms with van der Waals surface area (Å²) >= 11 is 3.23. The van der Waals surface area contributed by atoms with Gasteiger partial charge in [0.05, 0.1) is 0 Å². The number of nitrogens with zero attached hydrogens (tertiary/aromatic N) is 1. The molecule has 0 saturated carbocycles. The molecule has 0 bridgehead atoms. The Kier molecular flexibility index (Phi) is 4.68. The van der Waals surface area contributed by atoms with Gasteiger partial charge >= 0.3 is 0 Å². The SMILES string of the molecule is O=C(Cn1cc(Br)ccc1=O)NCc1ccccc1F. The highest BCUT2D eigenvalue weighted by molar-refractivity contribution is 9.10. The Hall–Kier alpha value is -1.95. The largest absolute Gasteiger partial charge is 0.350 e. The summed E-state index contributed by atoms with van der Waals surface area (Å²) in [6, 6.07) is 9.19. The molecule has 6 heteroatoms. The van der Waals surface area contributed by atoms with Gasteiger partial charge in [-0.3, -0.25) is 9.59 Å². The molecule has 1 N–H and O–H groups in total. The molecule has 0 aliphatic carbocycles. The van der Waals surface area contributed by atoms with E-state index < -0.39 is 0 Å². The smallest absolute Gasteiger partial charge is 0.251 e. The van der Waals surface area contributed by atoms with Crippen LogP contribution in [0.4, 0.5) is 4.39 Å². The summed E-state index contributed by atoms with van der Waals surface area (Å²) in [6.45, 7) is -0.0129. The minimum absolute atomic E-state index is 0.0915. The molecule has 0 saturated heterocycles. The first-order valence-electron chi connectivity index (χ1n) is 5.92. The van der Waals surface area contributed by atoms with Crippen LogP contribution in [0.15, 0.2) is 51.9 Å². The first-order chi connectivity index (χ1) is 9.56. The van der Waals surface area contributed by atoms with E-state index in [2.05, 4.69) is 21.2 Å². The molecule has 0 fully saturated rings. The fourth-order valence-corrected chi connectivity index (χ4v) is 2.05. The van der Waals surface area contributed by atoms with Gasteiger partial charge in [-0.2, -0.15) is 0 Å². The van der Waals surface area contributed by atoms with Crippen LogP contribution in [-0.4, -0.2) is 10.5 Å². The van der Waals surface area contributed by atoms with Crippen LogP contribution in [-0.2, 0) is 17.9 Å². The predicted octanol–water partition coefficient (Wildman–Crippen LogP) is 2.07. The Bertz CT molecular complexity index is 685. The maximum absolute atomic E-state index is 13.4. The Morgan fingerprint density at radius 2 is 2.00 bits per heavy atom. The van der Waals surface area contributed by atoms with Crippen molar-refractivity contribution in [1.82, 2.24) is 9.88 Å². The third kappa shape index (κ3) is 3.77. The second-order valence-electron chi connectivity index (χ2n) is 4.18. The van der Waals surface area contributed by atoms with E-state index in [1.807, 2.05) is 0 Å². The minimum Gasteiger partial charge on any atom is -0.350 e. The second kappa shape index (κ2) is 6.47. The molecule has 1 aromatic carbocycles. The predicted molar refractivity (Wildman–Crippen MR) is 76.6 cm³/mol. The fourth-order valence-electron chi connectivity index (χ4n) is 1.67. The van der Waals surface area contributed by atoms with Crippen molar-refractivity contribution in [3.8, 4) is 0 Å². The van der Waals surface area contributed by atoms with E-state index >= 15 is 0 Å². The zero-order valence-corrected chi connectivity index (χ0v) is 12.1. The quantitative estimate of drug-likeness (QED) is 0.927. The maximum atomic E-state index is 13.4. The highest BCUT2D eigenvalue weighted by atomic mass is 79.9. The molecular formula is C14H12BrFN2O2. The van der Waals surface area contributed by atoms with Gasteiger partial charge in [-0.1, -0.05) is 18.2 Å². The van der Waals surface area contributed by atoms with E-state index in [1.165, 1.54) is 22.9 Å². The van der Waals surface area contributed by atoms with E-state index in [-0.39, 0.29) is 30.4 Å². The molecule has 2 aromatic rings. The summed E-state index contributed by atoms with van der Waals surface area (Å²) in [7, 11) is 0. The van der Waals surface area contributed by atoms with Crippen molar-refractivity contribution in [1.29, 1.82) is 0 Å². The number of aromatic nitrogens is 1. The molecule has 104 valence electrons. The summed E-state index contributed by atoms with van der Waals surface area (Å²) in [5, 5.41) is 2.58. The molecule has 2 rings (SSSR count). The number of carbonyl (C=O) groups excluding carboxylic acids is 1. The standard InChI is InChI=1S/C14H12BrFN2O2/c15-11-5-6-14(20)18(8-11)9-13(19)17-7-10-3-1-2-4-12(10)16/h1-6,8H,7,9H2,(H,17,19). The monoisotopic (exact) mass is 338 g/mol. The zero-order valence-electron chi connectivity index (χ0n) is 10.5. The van der Waals surface area contributed by atoms with Crippen LogP contribution in [0.1, 0.15) is 5.56 Å². The average Bonchev–Trinajstić information content (AvgIpc) is 2.42. The van der Waals surface area contributed by atoms with E-state index in [4.69, 9.17) is 0 Å². The molecule has 1 amide bonds. The van der Waals surface area contributed by atoms with Crippen molar-refractivity contribution < 1.29 is 9.18 Å². The van der Waals surface area contributed by atoms with Crippen molar-refractivity contribution in [2.75, 3.05) is 0 Å². The number of hydrogen-bond acceptors (Lipinski definition) is 2. The molecule has 0 radical (unpaired) electrons. The topological polar surface area (TPSA) is 51.1 Å². The molecule has 0 unspecified atom stereocenters. The van der Waals surface area contributed by atoms with Gasteiger partial charge in [0.1, 0.15) is 12.4 Å². The summed E-state index contributed by atoms with van der Waals surface area (Å²) in [6.07, 6.45) is 1.53. The lowest BCUT2D eigenvalue weighted by Crippen LogP contribution is -2.31. The number of carbonyl (C=O) groups is 1. The first-order valence-corrected chi connectivity index (χ1v) is 6.71. The molecule has 20 heavy (non-hydrogen) atoms. The molecule has 0 aliphatic heterocycles. The van der Waals surface area contributed by atoms with Gasteiger partial charge in [0.25, 0.3) is 5.56 Å². The van der Waals surface area contributed by atoms with Crippen molar-refractivity contribution in [3.05, 3.63) is 68.8 Å². The normalized spacial score (nSPS) is 10.3. The van der Waals surface area contributed by atoms with Gasteiger partial charge < -0.3 is 9.88 Å². The molecule has 0 spiro atoms. The molecule has 0 aliphatic rings. The van der Waals surface area contributed by atoms with Crippen LogP contribution < -0.4 is 10.9 Å². The Morgan fingerprint density at radius 3 is 2.75 bits per heavy atom. The lowest BCUT2D eigenvalue weighted by atomic mass is 10.2. The van der Waals surface area contributed by atoms with E-state index in [1.54, 1.807) is 24.3 Å². The third-order valence-electron chi connectivity index (χ3n) is 2.70. The summed E-state index contributed by atoms with van der Waals surface area (Å²) < 4.78 is 15.4. The first kappa shape index (κ1) is 14.5. The molecular weight excluding hydrogens is 327 g/mol. The van der Waals surface area contributed by atoms with Gasteiger partial charge in [-0.25, -0.2) is 4.39 Å². The molecule has 1 heterocycles. The maximum Gasteiger partial charge on any atom is 0.251 e. The minimum atomic E-state index is -0.368. The van der Waals surface area contributed by atoms with Crippen LogP contribution in [0.3, 0.4) is 0 Å². The summed E-state index contributed by atoms with van der Waals surface area (Å²) in [5.74, 6) is -0.721. The number of pyridine rings is 1. The Balaban J connectivity index is 1.98. The number of benzene rings is 1. The van der Waals surface area contributed by atoms with Gasteiger partial charge in [0, 0.05) is 28.8 Å². The van der Waals surface area contributed by atoms with Gasteiger partial charge in [0.15, 0.2) is 0 Å². The Morgan fingerprint density at radius 1 is 1.25 bits per heavy atom. The Labute approximate surface area is 123 Å². The van der Waals surface area contributed by atoms with Gasteiger partial charge in [0.2, 0.25) is 5.91 Å². The van der Waals surface area contributed by atoms with Crippen LogP contribution in [0, 0.1) is 5.82 Å². The third-order valence-corrected chi connectivity index (χ3v) is 3.16. The van der Waals surface area contributed by atoms with Crippen LogP contribution in [0.2, 0.25) is 0 Å². The van der Waals surface area contributed by atoms with Gasteiger partial charge in [-0.15, -0.1) is 0 Å². The lowest BCUT2D eigenvalue weighted by molar-refractivity contribution is -0.121. The number of halogens is 2.